The van der Waals surface area contributed by atoms with Crippen LogP contribution in [-0.4, -0.2) is 36.4 Å². The van der Waals surface area contributed by atoms with Crippen LogP contribution in [0.15, 0.2) is 0 Å². The Kier molecular flexibility index (Phi) is 4.05. The van der Waals surface area contributed by atoms with Gasteiger partial charge < -0.3 is 15.2 Å². The highest BCUT2D eigenvalue weighted by atomic mass is 16.5. The zero-order chi connectivity index (χ0) is 12.3. The van der Waals surface area contributed by atoms with Gasteiger partial charge in [0, 0.05) is 13.2 Å². The molecule has 1 amide bonds. The van der Waals surface area contributed by atoms with E-state index < -0.39 is 5.60 Å². The largest absolute Gasteiger partial charge is 0.388 e. The average molecular weight is 241 g/mol. The van der Waals surface area contributed by atoms with Crippen LogP contribution in [0, 0.1) is 11.8 Å². The van der Waals surface area contributed by atoms with Crippen LogP contribution in [0.2, 0.25) is 0 Å². The molecule has 1 saturated carbocycles. The van der Waals surface area contributed by atoms with Gasteiger partial charge in [0.15, 0.2) is 0 Å². The molecule has 17 heavy (non-hydrogen) atoms. The predicted octanol–water partition coefficient (Wildman–Crippen LogP) is 1.08. The van der Waals surface area contributed by atoms with Crippen LogP contribution in [0.1, 0.15) is 39.0 Å². The number of ether oxygens (including phenoxy) is 1. The van der Waals surface area contributed by atoms with Crippen LogP contribution in [0.5, 0.6) is 0 Å². The van der Waals surface area contributed by atoms with Crippen molar-refractivity contribution in [3.05, 3.63) is 0 Å². The lowest BCUT2D eigenvalue weighted by Gasteiger charge is -2.35. The maximum Gasteiger partial charge on any atom is 0.225 e. The highest BCUT2D eigenvalue weighted by Crippen LogP contribution is 2.31. The van der Waals surface area contributed by atoms with Crippen molar-refractivity contribution in [1.29, 1.82) is 0 Å². The molecule has 1 saturated heterocycles. The standard InChI is InChI=1S/C13H23NO3/c1-10-2-5-13(16,6-3-10)9-14-12(15)11-4-7-17-8-11/h10-11,16H,2-9H2,1H3,(H,14,15). The van der Waals surface area contributed by atoms with Crippen LogP contribution < -0.4 is 5.32 Å². The molecule has 1 aliphatic heterocycles. The van der Waals surface area contributed by atoms with Gasteiger partial charge in [-0.2, -0.15) is 0 Å². The molecule has 0 aromatic carbocycles. The molecule has 0 aromatic rings. The maximum absolute atomic E-state index is 11.8. The minimum atomic E-state index is -0.679. The minimum absolute atomic E-state index is 0.0129. The van der Waals surface area contributed by atoms with E-state index in [1.807, 2.05) is 0 Å². The molecule has 2 fully saturated rings. The third-order valence-corrected chi connectivity index (χ3v) is 4.10. The number of hydrogen-bond acceptors (Lipinski definition) is 3. The fraction of sp³-hybridized carbons (Fsp3) is 0.923. The van der Waals surface area contributed by atoms with Crippen molar-refractivity contribution in [1.82, 2.24) is 5.32 Å². The summed E-state index contributed by atoms with van der Waals surface area (Å²) in [4.78, 5) is 11.8. The van der Waals surface area contributed by atoms with Crippen molar-refractivity contribution in [2.24, 2.45) is 11.8 Å². The summed E-state index contributed by atoms with van der Waals surface area (Å²) in [6, 6.07) is 0. The van der Waals surface area contributed by atoms with Gasteiger partial charge in [0.2, 0.25) is 5.91 Å². The monoisotopic (exact) mass is 241 g/mol. The Morgan fingerprint density at radius 1 is 1.41 bits per heavy atom. The van der Waals surface area contributed by atoms with Crippen LogP contribution in [0.3, 0.4) is 0 Å². The Balaban J connectivity index is 1.75. The molecule has 2 aliphatic rings. The number of rotatable bonds is 3. The van der Waals surface area contributed by atoms with E-state index in [9.17, 15) is 9.90 Å². The second-order valence-electron chi connectivity index (χ2n) is 5.69. The minimum Gasteiger partial charge on any atom is -0.388 e. The number of amides is 1. The van der Waals surface area contributed by atoms with Gasteiger partial charge in [-0.25, -0.2) is 0 Å². The van der Waals surface area contributed by atoms with Crippen LogP contribution in [0.4, 0.5) is 0 Å². The van der Waals surface area contributed by atoms with E-state index in [2.05, 4.69) is 12.2 Å². The van der Waals surface area contributed by atoms with Crippen molar-refractivity contribution in [2.75, 3.05) is 19.8 Å². The second kappa shape index (κ2) is 5.36. The highest BCUT2D eigenvalue weighted by molar-refractivity contribution is 5.79. The number of aliphatic hydroxyl groups is 1. The van der Waals surface area contributed by atoms with E-state index in [-0.39, 0.29) is 11.8 Å². The quantitative estimate of drug-likeness (QED) is 0.777. The molecular weight excluding hydrogens is 218 g/mol. The van der Waals surface area contributed by atoms with Crippen LogP contribution >= 0.6 is 0 Å². The van der Waals surface area contributed by atoms with Crippen molar-refractivity contribution in [3.8, 4) is 0 Å². The number of carbonyl (C=O) groups is 1. The molecule has 2 N–H and O–H groups in total. The molecule has 2 rings (SSSR count). The van der Waals surface area contributed by atoms with Gasteiger partial charge in [0.1, 0.15) is 0 Å². The maximum atomic E-state index is 11.8. The van der Waals surface area contributed by atoms with Crippen molar-refractivity contribution < 1.29 is 14.6 Å². The zero-order valence-electron chi connectivity index (χ0n) is 10.6. The fourth-order valence-electron chi connectivity index (χ4n) is 2.61. The van der Waals surface area contributed by atoms with E-state index in [0.717, 1.165) is 32.1 Å². The normalized spacial score (nSPS) is 38.0. The molecule has 4 heteroatoms. The topological polar surface area (TPSA) is 58.6 Å². The molecule has 1 unspecified atom stereocenters. The molecule has 0 radical (unpaired) electrons. The number of carbonyl (C=O) groups excluding carboxylic acids is 1. The van der Waals surface area contributed by atoms with Gasteiger partial charge in [-0.05, 0) is 38.0 Å². The lowest BCUT2D eigenvalue weighted by atomic mass is 9.79. The average Bonchev–Trinajstić information content (AvgIpc) is 2.84. The molecule has 98 valence electrons. The first kappa shape index (κ1) is 12.8. The van der Waals surface area contributed by atoms with E-state index in [0.29, 0.717) is 25.7 Å². The molecule has 0 aromatic heterocycles. The van der Waals surface area contributed by atoms with Gasteiger partial charge >= 0.3 is 0 Å². The first-order valence-corrected chi connectivity index (χ1v) is 6.67. The van der Waals surface area contributed by atoms with E-state index in [1.54, 1.807) is 0 Å². The first-order chi connectivity index (χ1) is 8.09. The molecular formula is C13H23NO3. The lowest BCUT2D eigenvalue weighted by molar-refractivity contribution is -0.126. The molecule has 1 aliphatic carbocycles. The summed E-state index contributed by atoms with van der Waals surface area (Å²) in [5, 5.41) is 13.2. The Hall–Kier alpha value is -0.610. The first-order valence-electron chi connectivity index (χ1n) is 6.67. The van der Waals surface area contributed by atoms with Gasteiger partial charge in [-0.1, -0.05) is 6.92 Å². The summed E-state index contributed by atoms with van der Waals surface area (Å²) >= 11 is 0. The highest BCUT2D eigenvalue weighted by Gasteiger charge is 2.33. The van der Waals surface area contributed by atoms with E-state index >= 15 is 0 Å². The Morgan fingerprint density at radius 2 is 2.12 bits per heavy atom. The van der Waals surface area contributed by atoms with E-state index in [1.165, 1.54) is 0 Å². The molecule has 0 spiro atoms. The summed E-state index contributed by atoms with van der Waals surface area (Å²) in [5.74, 6) is 0.727. The zero-order valence-corrected chi connectivity index (χ0v) is 10.6. The molecule has 4 nitrogen and oxygen atoms in total. The molecule has 1 atom stereocenters. The summed E-state index contributed by atoms with van der Waals surface area (Å²) in [6.45, 7) is 3.82. The molecule has 1 heterocycles. The lowest BCUT2D eigenvalue weighted by Crippen LogP contribution is -2.46. The summed E-state index contributed by atoms with van der Waals surface area (Å²) < 4.78 is 5.19. The third-order valence-electron chi connectivity index (χ3n) is 4.10. The van der Waals surface area contributed by atoms with Gasteiger partial charge in [-0.15, -0.1) is 0 Å². The summed E-state index contributed by atoms with van der Waals surface area (Å²) in [5.41, 5.74) is -0.679. The Labute approximate surface area is 103 Å². The SMILES string of the molecule is CC1CCC(O)(CNC(=O)C2CCOC2)CC1. The predicted molar refractivity (Wildman–Crippen MR) is 64.5 cm³/mol. The molecule has 0 bridgehead atoms. The van der Waals surface area contributed by atoms with Gasteiger partial charge in [0.25, 0.3) is 0 Å². The second-order valence-corrected chi connectivity index (χ2v) is 5.69. The van der Waals surface area contributed by atoms with Crippen molar-refractivity contribution in [2.45, 2.75) is 44.6 Å². The summed E-state index contributed by atoms with van der Waals surface area (Å²) in [6.07, 6.45) is 4.52. The smallest absolute Gasteiger partial charge is 0.225 e. The Morgan fingerprint density at radius 3 is 2.71 bits per heavy atom. The number of hydrogen-bond donors (Lipinski definition) is 2. The van der Waals surface area contributed by atoms with E-state index in [4.69, 9.17) is 4.74 Å². The fourth-order valence-corrected chi connectivity index (χ4v) is 2.61. The van der Waals surface area contributed by atoms with Gasteiger partial charge in [-0.3, -0.25) is 4.79 Å². The summed E-state index contributed by atoms with van der Waals surface area (Å²) in [7, 11) is 0. The Bertz CT molecular complexity index is 266. The van der Waals surface area contributed by atoms with Crippen LogP contribution in [-0.2, 0) is 9.53 Å². The third kappa shape index (κ3) is 3.42. The van der Waals surface area contributed by atoms with Crippen LogP contribution in [0.25, 0.3) is 0 Å². The van der Waals surface area contributed by atoms with Crippen molar-refractivity contribution in [3.63, 3.8) is 0 Å². The number of nitrogens with one attached hydrogen (secondary N) is 1. The van der Waals surface area contributed by atoms with Gasteiger partial charge in [0.05, 0.1) is 18.1 Å². The van der Waals surface area contributed by atoms with Crippen molar-refractivity contribution >= 4 is 5.91 Å².